The molecule has 2 aromatic rings. The highest BCUT2D eigenvalue weighted by Crippen LogP contribution is 2.27. The number of nitro groups is 1. The van der Waals surface area contributed by atoms with Gasteiger partial charge in [-0.3, -0.25) is 10.1 Å². The summed E-state index contributed by atoms with van der Waals surface area (Å²) in [5.41, 5.74) is 1.14. The molecule has 0 aliphatic carbocycles. The summed E-state index contributed by atoms with van der Waals surface area (Å²) in [6.45, 7) is 4.60. The van der Waals surface area contributed by atoms with E-state index in [-0.39, 0.29) is 16.7 Å². The molecule has 104 valence electrons. The van der Waals surface area contributed by atoms with Crippen LogP contribution >= 0.6 is 0 Å². The Hall–Kier alpha value is -2.43. The van der Waals surface area contributed by atoms with Gasteiger partial charge < -0.3 is 4.90 Å². The van der Waals surface area contributed by atoms with Crippen molar-refractivity contribution in [2.45, 2.75) is 26.4 Å². The lowest BCUT2D eigenvalue weighted by Crippen LogP contribution is -2.31. The number of pyridine rings is 1. The zero-order valence-electron chi connectivity index (χ0n) is 11.6. The molecule has 5 nitrogen and oxygen atoms in total. The molecule has 0 N–H and O–H groups in total. The van der Waals surface area contributed by atoms with Gasteiger partial charge in [0.1, 0.15) is 0 Å². The van der Waals surface area contributed by atoms with Gasteiger partial charge in [0, 0.05) is 24.8 Å². The van der Waals surface area contributed by atoms with E-state index in [0.717, 1.165) is 5.56 Å². The van der Waals surface area contributed by atoms with E-state index in [1.807, 2.05) is 49.1 Å². The third-order valence-corrected chi connectivity index (χ3v) is 3.05. The molecule has 0 amide bonds. The van der Waals surface area contributed by atoms with E-state index in [0.29, 0.717) is 12.4 Å². The molecule has 1 heterocycles. The monoisotopic (exact) mass is 271 g/mol. The Morgan fingerprint density at radius 2 is 1.90 bits per heavy atom. The van der Waals surface area contributed by atoms with Crippen molar-refractivity contribution in [1.29, 1.82) is 0 Å². The molecular formula is C15H17N3O2. The number of rotatable bonds is 5. The minimum absolute atomic E-state index is 0.0390. The second-order valence-electron chi connectivity index (χ2n) is 4.81. The van der Waals surface area contributed by atoms with Gasteiger partial charge in [-0.15, -0.1) is 0 Å². The molecule has 0 atom stereocenters. The highest BCUT2D eigenvalue weighted by Gasteiger charge is 2.22. The summed E-state index contributed by atoms with van der Waals surface area (Å²) in [5.74, 6) is 0.413. The standard InChI is InChI=1S/C15H17N3O2/c1-12(2)17(11-13-7-4-3-5-8-13)15-14(18(19)20)9-6-10-16-15/h3-10,12H,11H2,1-2H3. The van der Waals surface area contributed by atoms with Crippen LogP contribution in [0, 0.1) is 10.1 Å². The lowest BCUT2D eigenvalue weighted by Gasteiger charge is -2.27. The SMILES string of the molecule is CC(C)N(Cc1ccccc1)c1ncccc1[N+](=O)[O-]. The van der Waals surface area contributed by atoms with Gasteiger partial charge in [0.25, 0.3) is 0 Å². The molecule has 0 aliphatic heterocycles. The molecule has 1 aromatic carbocycles. The van der Waals surface area contributed by atoms with Gasteiger partial charge in [-0.25, -0.2) is 4.98 Å². The first-order valence-corrected chi connectivity index (χ1v) is 6.49. The molecule has 0 spiro atoms. The molecule has 0 bridgehead atoms. The highest BCUT2D eigenvalue weighted by molar-refractivity contribution is 5.58. The molecule has 0 unspecified atom stereocenters. The van der Waals surface area contributed by atoms with Crippen LogP contribution in [0.2, 0.25) is 0 Å². The van der Waals surface area contributed by atoms with E-state index >= 15 is 0 Å². The fourth-order valence-corrected chi connectivity index (χ4v) is 2.03. The van der Waals surface area contributed by atoms with Crippen LogP contribution in [0.4, 0.5) is 11.5 Å². The third-order valence-electron chi connectivity index (χ3n) is 3.05. The second-order valence-corrected chi connectivity index (χ2v) is 4.81. The van der Waals surface area contributed by atoms with Crippen molar-refractivity contribution >= 4 is 11.5 Å². The van der Waals surface area contributed by atoms with Crippen LogP contribution in [0.1, 0.15) is 19.4 Å². The van der Waals surface area contributed by atoms with E-state index in [1.165, 1.54) is 6.07 Å². The maximum absolute atomic E-state index is 11.1. The Bertz CT molecular complexity index is 585. The smallest absolute Gasteiger partial charge is 0.311 e. The highest BCUT2D eigenvalue weighted by atomic mass is 16.6. The second kappa shape index (κ2) is 6.14. The molecule has 2 rings (SSSR count). The van der Waals surface area contributed by atoms with Crippen LogP contribution in [-0.2, 0) is 6.54 Å². The number of benzene rings is 1. The van der Waals surface area contributed by atoms with Crippen molar-refractivity contribution < 1.29 is 4.92 Å². The molecule has 0 saturated heterocycles. The maximum Gasteiger partial charge on any atom is 0.311 e. The minimum Gasteiger partial charge on any atom is -0.344 e. The van der Waals surface area contributed by atoms with Crippen molar-refractivity contribution in [1.82, 2.24) is 4.98 Å². The van der Waals surface area contributed by atoms with Gasteiger partial charge in [0.15, 0.2) is 0 Å². The van der Waals surface area contributed by atoms with Crippen LogP contribution in [0.25, 0.3) is 0 Å². The minimum atomic E-state index is -0.386. The van der Waals surface area contributed by atoms with Gasteiger partial charge in [-0.1, -0.05) is 30.3 Å². The molecule has 20 heavy (non-hydrogen) atoms. The van der Waals surface area contributed by atoms with E-state index in [4.69, 9.17) is 0 Å². The van der Waals surface area contributed by atoms with Gasteiger partial charge in [-0.2, -0.15) is 0 Å². The van der Waals surface area contributed by atoms with Crippen molar-refractivity contribution in [3.8, 4) is 0 Å². The summed E-state index contributed by atoms with van der Waals surface area (Å²) in [6.07, 6.45) is 1.59. The van der Waals surface area contributed by atoms with Crippen LogP contribution in [0.5, 0.6) is 0 Å². The van der Waals surface area contributed by atoms with E-state index < -0.39 is 0 Å². The molecular weight excluding hydrogens is 254 g/mol. The summed E-state index contributed by atoms with van der Waals surface area (Å²) in [5, 5.41) is 11.1. The fourth-order valence-electron chi connectivity index (χ4n) is 2.03. The zero-order valence-corrected chi connectivity index (χ0v) is 11.6. The Labute approximate surface area is 118 Å². The fraction of sp³-hybridized carbons (Fsp3) is 0.267. The Balaban J connectivity index is 2.37. The maximum atomic E-state index is 11.1. The van der Waals surface area contributed by atoms with E-state index in [9.17, 15) is 10.1 Å². The van der Waals surface area contributed by atoms with Crippen LogP contribution < -0.4 is 4.90 Å². The topological polar surface area (TPSA) is 59.3 Å². The number of aromatic nitrogens is 1. The van der Waals surface area contributed by atoms with Crippen molar-refractivity contribution in [2.75, 3.05) is 4.90 Å². The predicted octanol–water partition coefficient (Wildman–Crippen LogP) is 3.40. The van der Waals surface area contributed by atoms with Crippen LogP contribution in [-0.4, -0.2) is 15.9 Å². The summed E-state index contributed by atoms with van der Waals surface area (Å²) < 4.78 is 0. The van der Waals surface area contributed by atoms with Gasteiger partial charge in [0.2, 0.25) is 5.82 Å². The first-order chi connectivity index (χ1) is 9.59. The number of hydrogen-bond acceptors (Lipinski definition) is 4. The molecule has 0 saturated carbocycles. The first kappa shape index (κ1) is 14.0. The predicted molar refractivity (Wildman–Crippen MR) is 78.7 cm³/mol. The first-order valence-electron chi connectivity index (χ1n) is 6.49. The number of hydrogen-bond donors (Lipinski definition) is 0. The van der Waals surface area contributed by atoms with Crippen molar-refractivity contribution in [3.05, 3.63) is 64.3 Å². The third kappa shape index (κ3) is 3.12. The molecule has 1 aromatic heterocycles. The normalized spacial score (nSPS) is 10.6. The molecule has 5 heteroatoms. The lowest BCUT2D eigenvalue weighted by atomic mass is 10.2. The zero-order chi connectivity index (χ0) is 14.5. The van der Waals surface area contributed by atoms with Crippen molar-refractivity contribution in [2.24, 2.45) is 0 Å². The Morgan fingerprint density at radius 1 is 1.20 bits per heavy atom. The Morgan fingerprint density at radius 3 is 2.50 bits per heavy atom. The molecule has 0 radical (unpaired) electrons. The average Bonchev–Trinajstić information content (AvgIpc) is 2.45. The summed E-state index contributed by atoms with van der Waals surface area (Å²) in [6, 6.07) is 13.1. The quantitative estimate of drug-likeness (QED) is 0.617. The lowest BCUT2D eigenvalue weighted by molar-refractivity contribution is -0.384. The van der Waals surface area contributed by atoms with Gasteiger partial charge in [-0.05, 0) is 25.5 Å². The summed E-state index contributed by atoms with van der Waals surface area (Å²) in [4.78, 5) is 16.9. The van der Waals surface area contributed by atoms with Gasteiger partial charge >= 0.3 is 5.69 Å². The van der Waals surface area contributed by atoms with Gasteiger partial charge in [0.05, 0.1) is 4.92 Å². The van der Waals surface area contributed by atoms with E-state index in [2.05, 4.69) is 4.98 Å². The van der Waals surface area contributed by atoms with Crippen molar-refractivity contribution in [3.63, 3.8) is 0 Å². The summed E-state index contributed by atoms with van der Waals surface area (Å²) >= 11 is 0. The van der Waals surface area contributed by atoms with E-state index in [1.54, 1.807) is 12.3 Å². The van der Waals surface area contributed by atoms with Crippen LogP contribution in [0.3, 0.4) is 0 Å². The summed E-state index contributed by atoms with van der Waals surface area (Å²) in [7, 11) is 0. The number of anilines is 1. The number of nitrogens with zero attached hydrogens (tertiary/aromatic N) is 3. The Kier molecular flexibility index (Phi) is 4.30. The molecule has 0 aliphatic rings. The molecule has 0 fully saturated rings. The van der Waals surface area contributed by atoms with Crippen LogP contribution in [0.15, 0.2) is 48.7 Å². The largest absolute Gasteiger partial charge is 0.344 e. The average molecular weight is 271 g/mol.